The number of hydrogen-bond donors (Lipinski definition) is 4. The summed E-state index contributed by atoms with van der Waals surface area (Å²) in [5.74, 6) is -2.10. The second-order valence-electron chi connectivity index (χ2n) is 10.1. The maximum absolute atomic E-state index is 13.2. The minimum Gasteiger partial charge on any atom is -0.593 e. The number of amides is 4. The molecule has 0 aliphatic carbocycles. The van der Waals surface area contributed by atoms with Crippen LogP contribution in [0.5, 0.6) is 0 Å². The first-order valence-corrected chi connectivity index (χ1v) is 15.2. The smallest absolute Gasteiger partial charge is 0.352 e. The Labute approximate surface area is 247 Å². The summed E-state index contributed by atoms with van der Waals surface area (Å²) in [6, 6.07) is 5.68. The Morgan fingerprint density at radius 1 is 1.34 bits per heavy atom. The zero-order chi connectivity index (χ0) is 29.9. The zero-order valence-corrected chi connectivity index (χ0v) is 24.7. The van der Waals surface area contributed by atoms with E-state index < -0.39 is 41.3 Å². The lowest BCUT2D eigenvalue weighted by molar-refractivity contribution is -0.707. The first-order chi connectivity index (χ1) is 19.4. The van der Waals surface area contributed by atoms with Crippen LogP contribution in [0, 0.1) is 16.5 Å². The summed E-state index contributed by atoms with van der Waals surface area (Å²) in [6.45, 7) is 5.56. The van der Waals surface area contributed by atoms with Gasteiger partial charge in [0.15, 0.2) is 0 Å². The zero-order valence-electron chi connectivity index (χ0n) is 22.2. The number of thioether (sulfide) groups is 2. The summed E-state index contributed by atoms with van der Waals surface area (Å²) < 4.78 is 0. The summed E-state index contributed by atoms with van der Waals surface area (Å²) >= 11 is 3.65. The van der Waals surface area contributed by atoms with Gasteiger partial charge < -0.3 is 26.3 Å². The van der Waals surface area contributed by atoms with E-state index in [0.717, 1.165) is 16.7 Å². The van der Waals surface area contributed by atoms with Crippen molar-refractivity contribution in [1.29, 1.82) is 5.26 Å². The molecule has 41 heavy (non-hydrogen) atoms. The molecular formula is C25H27N7O6S3. The third-order valence-corrected chi connectivity index (χ3v) is 9.53. The molecule has 4 heterocycles. The normalized spacial score (nSPS) is 19.0. The number of rotatable bonds is 9. The number of nitrogens with one attached hydrogen (secondary N) is 3. The molecule has 216 valence electrons. The first kappa shape index (κ1) is 30.2. The first-order valence-electron chi connectivity index (χ1n) is 12.3. The van der Waals surface area contributed by atoms with Gasteiger partial charge in [0, 0.05) is 33.0 Å². The van der Waals surface area contributed by atoms with Crippen LogP contribution in [0.1, 0.15) is 37.4 Å². The number of nitriles is 1. The molecule has 2 aliphatic heterocycles. The van der Waals surface area contributed by atoms with Gasteiger partial charge >= 0.3 is 12.0 Å². The molecule has 4 rings (SSSR count). The molecule has 1 fully saturated rings. The number of carboxylic acids is 1. The standard InChI is InChI=1S/C25H27N7O6S3/c1-25(2,3)15-6-7-16(32(38)30-15)40-11-13-12-41-22-18(21(34)31(22)19(13)23(35)36)28-20(33)17(14-5-4-10-39-14)29-24(37)27-9-8-26/h4-7,10,17-18,22H,9,11-12H2,1-3H3,(H,28,33)(H,35,36)(H2,27,29,37)/t17?,18-,22?/m0/s1. The van der Waals surface area contributed by atoms with Crippen molar-refractivity contribution in [2.75, 3.05) is 18.1 Å². The largest absolute Gasteiger partial charge is 0.593 e. The van der Waals surface area contributed by atoms with Gasteiger partial charge in [-0.25, -0.2) is 9.59 Å². The highest BCUT2D eigenvalue weighted by Gasteiger charge is 2.54. The highest BCUT2D eigenvalue weighted by Crippen LogP contribution is 2.41. The summed E-state index contributed by atoms with van der Waals surface area (Å²) in [5.41, 5.74) is 0.611. The van der Waals surface area contributed by atoms with Crippen LogP contribution in [0.25, 0.3) is 0 Å². The van der Waals surface area contributed by atoms with Gasteiger partial charge in [0.1, 0.15) is 35.4 Å². The minimum atomic E-state index is -1.28. The van der Waals surface area contributed by atoms with Gasteiger partial charge in [-0.05, 0) is 39.7 Å². The molecule has 0 saturated carbocycles. The van der Waals surface area contributed by atoms with Gasteiger partial charge in [0.2, 0.25) is 5.91 Å². The Hall–Kier alpha value is -3.81. The Morgan fingerprint density at radius 3 is 2.71 bits per heavy atom. The van der Waals surface area contributed by atoms with Crippen LogP contribution in [-0.4, -0.2) is 68.4 Å². The summed E-state index contributed by atoms with van der Waals surface area (Å²) in [7, 11) is 0. The van der Waals surface area contributed by atoms with Gasteiger partial charge in [-0.15, -0.1) is 23.1 Å². The molecule has 0 aromatic carbocycles. The topological polar surface area (TPSA) is 191 Å². The van der Waals surface area contributed by atoms with Gasteiger partial charge in [-0.1, -0.05) is 26.8 Å². The number of β-lactam (4-membered cyclic amide) rings is 1. The van der Waals surface area contributed by atoms with E-state index in [1.807, 2.05) is 20.8 Å². The fraction of sp³-hybridized carbons (Fsp3) is 0.400. The summed E-state index contributed by atoms with van der Waals surface area (Å²) in [4.78, 5) is 52.8. The fourth-order valence-electron chi connectivity index (χ4n) is 4.11. The number of fused-ring (bicyclic) bond motifs is 1. The molecule has 4 N–H and O–H groups in total. The van der Waals surface area contributed by atoms with Crippen LogP contribution in [0.15, 0.2) is 45.9 Å². The molecule has 3 atom stereocenters. The molecule has 16 heteroatoms. The number of carbonyl (C=O) groups is 4. The number of urea groups is 1. The van der Waals surface area contributed by atoms with E-state index in [4.69, 9.17) is 5.26 Å². The number of thiophene rings is 1. The molecule has 2 aliphatic rings. The number of carbonyl (C=O) groups excluding carboxylic acids is 3. The second-order valence-corrected chi connectivity index (χ2v) is 13.1. The molecule has 13 nitrogen and oxygen atoms in total. The molecule has 0 bridgehead atoms. The van der Waals surface area contributed by atoms with Crippen molar-refractivity contribution in [3.8, 4) is 6.07 Å². The molecule has 0 spiro atoms. The van der Waals surface area contributed by atoms with Gasteiger partial charge in [-0.2, -0.15) is 5.26 Å². The lowest BCUT2D eigenvalue weighted by atomic mass is 9.92. The van der Waals surface area contributed by atoms with E-state index in [2.05, 4.69) is 21.0 Å². The van der Waals surface area contributed by atoms with Crippen molar-refractivity contribution in [2.24, 2.45) is 0 Å². The number of aliphatic carboxylic acids is 1. The lowest BCUT2D eigenvalue weighted by Crippen LogP contribution is -2.71. The molecule has 2 aromatic heterocycles. The predicted octanol–water partition coefficient (Wildman–Crippen LogP) is 1.47. The summed E-state index contributed by atoms with van der Waals surface area (Å²) in [5, 5.41) is 44.0. The van der Waals surface area contributed by atoms with Gasteiger partial charge in [0.05, 0.1) is 6.07 Å². The summed E-state index contributed by atoms with van der Waals surface area (Å²) in [6.07, 6.45) is 0. The number of nitrogens with zero attached hydrogens (tertiary/aromatic N) is 4. The van der Waals surface area contributed by atoms with Crippen molar-refractivity contribution in [2.45, 2.75) is 48.7 Å². The van der Waals surface area contributed by atoms with Crippen molar-refractivity contribution >= 4 is 58.7 Å². The SMILES string of the molecule is CC(C)(C)c1ccc(SCC2=C(C(=O)O)N3C(=O)[C@H](NC(=O)C(NC(=O)NCC#N)c4cccs4)C3SC2)[n+]([O-])n1. The average molecular weight is 618 g/mol. The Balaban J connectivity index is 1.46. The Bertz CT molecular complexity index is 1430. The van der Waals surface area contributed by atoms with E-state index >= 15 is 0 Å². The van der Waals surface area contributed by atoms with E-state index in [0.29, 0.717) is 26.0 Å². The highest BCUT2D eigenvalue weighted by atomic mass is 32.2. The molecule has 1 saturated heterocycles. The van der Waals surface area contributed by atoms with E-state index in [1.165, 1.54) is 23.1 Å². The van der Waals surface area contributed by atoms with Crippen LogP contribution in [-0.2, 0) is 19.8 Å². The van der Waals surface area contributed by atoms with Gasteiger partial charge in [-0.3, -0.25) is 14.5 Å². The van der Waals surface area contributed by atoms with E-state index in [9.17, 15) is 29.5 Å². The predicted molar refractivity (Wildman–Crippen MR) is 152 cm³/mol. The molecule has 0 radical (unpaired) electrons. The van der Waals surface area contributed by atoms with Gasteiger partial charge in [0.25, 0.3) is 10.9 Å². The van der Waals surface area contributed by atoms with Crippen LogP contribution in [0.2, 0.25) is 0 Å². The highest BCUT2D eigenvalue weighted by molar-refractivity contribution is 8.01. The Morgan fingerprint density at radius 2 is 2.10 bits per heavy atom. The van der Waals surface area contributed by atoms with E-state index in [1.54, 1.807) is 35.7 Å². The third-order valence-electron chi connectivity index (χ3n) is 6.17. The van der Waals surface area contributed by atoms with Crippen LogP contribution < -0.4 is 20.8 Å². The Kier molecular flexibility index (Phi) is 9.10. The molecule has 4 amide bonds. The molecular weight excluding hydrogens is 591 g/mol. The number of hydrogen-bond acceptors (Lipinski definition) is 10. The lowest BCUT2D eigenvalue weighted by Gasteiger charge is -2.49. The number of aromatic nitrogens is 2. The van der Waals surface area contributed by atoms with Crippen molar-refractivity contribution in [3.05, 3.63) is 56.7 Å². The molecule has 2 unspecified atom stereocenters. The average Bonchev–Trinajstić information content (AvgIpc) is 3.46. The van der Waals surface area contributed by atoms with Crippen LogP contribution >= 0.6 is 34.9 Å². The quantitative estimate of drug-likeness (QED) is 0.105. The van der Waals surface area contributed by atoms with Crippen molar-refractivity contribution in [3.63, 3.8) is 0 Å². The van der Waals surface area contributed by atoms with Crippen LogP contribution in [0.4, 0.5) is 4.79 Å². The third kappa shape index (κ3) is 6.58. The molecule has 2 aromatic rings. The van der Waals surface area contributed by atoms with Crippen molar-refractivity contribution < 1.29 is 29.1 Å². The van der Waals surface area contributed by atoms with Crippen molar-refractivity contribution in [1.82, 2.24) is 25.9 Å². The van der Waals surface area contributed by atoms with E-state index in [-0.39, 0.29) is 29.2 Å². The monoisotopic (exact) mass is 617 g/mol. The van der Waals surface area contributed by atoms with Crippen LogP contribution in [0.3, 0.4) is 0 Å². The number of carboxylic acid groups (broad SMARTS) is 1. The maximum Gasteiger partial charge on any atom is 0.352 e. The second kappa shape index (κ2) is 12.4. The fourth-order valence-corrected chi connectivity index (χ4v) is 7.24. The minimum absolute atomic E-state index is 0.156. The maximum atomic E-state index is 13.2.